The van der Waals surface area contributed by atoms with Gasteiger partial charge in [0.15, 0.2) is 0 Å². The summed E-state index contributed by atoms with van der Waals surface area (Å²) in [5, 5.41) is 16.8. The fourth-order valence-corrected chi connectivity index (χ4v) is 2.53. The van der Waals surface area contributed by atoms with Crippen LogP contribution in [0, 0.1) is 0 Å². The second-order valence-electron chi connectivity index (χ2n) is 7.79. The Balaban J connectivity index is 3.13. The Bertz CT molecular complexity index is 660. The maximum Gasteiger partial charge on any atom is 0.372 e. The van der Waals surface area contributed by atoms with Crippen LogP contribution in [0.3, 0.4) is 0 Å². The summed E-state index contributed by atoms with van der Waals surface area (Å²) in [4.78, 5) is 42.8. The van der Waals surface area contributed by atoms with E-state index in [4.69, 9.17) is 57.6 Å². The third-order valence-corrected chi connectivity index (χ3v) is 4.49. The lowest BCUT2D eigenvalue weighted by Gasteiger charge is -2.09. The number of carbonyl (C=O) groups excluding carboxylic acids is 2. The number of carbonyl (C=O) groups is 4. The molecule has 16 nitrogen and oxygen atoms in total. The van der Waals surface area contributed by atoms with Crippen molar-refractivity contribution in [1.29, 1.82) is 0 Å². The maximum absolute atomic E-state index is 11.3. The summed E-state index contributed by atoms with van der Waals surface area (Å²) in [6, 6.07) is 0. The van der Waals surface area contributed by atoms with Crippen molar-refractivity contribution in [3.63, 3.8) is 0 Å². The molecule has 0 fully saturated rings. The number of Topliss-reactive ketones (excluding diaryl/α,β-unsaturated/α-hetero) is 1. The Labute approximate surface area is 239 Å². The lowest BCUT2D eigenvalue weighted by Crippen LogP contribution is -2.17. The second kappa shape index (κ2) is 30.7. The van der Waals surface area contributed by atoms with Gasteiger partial charge in [0.1, 0.15) is 13.2 Å². The van der Waals surface area contributed by atoms with E-state index in [-0.39, 0.29) is 32.8 Å². The lowest BCUT2D eigenvalue weighted by atomic mass is 10.2. The standard InChI is InChI=1S/C25H44O16/c26-22(25(30)31)1-2-24(29)41-20-19-39-16-15-37-12-11-35-8-7-33-4-3-32-5-6-34-9-10-36-13-14-38-17-18-40-21-23(27)28/h1-21H2,(H,27,28)(H,30,31). The molecular formula is C25H44O16. The van der Waals surface area contributed by atoms with Gasteiger partial charge in [0, 0.05) is 6.42 Å². The summed E-state index contributed by atoms with van der Waals surface area (Å²) < 4.78 is 52.3. The number of carboxylic acid groups (broad SMARTS) is 2. The van der Waals surface area contributed by atoms with Gasteiger partial charge in [-0.3, -0.25) is 9.59 Å². The Hall–Kier alpha value is -2.28. The minimum Gasteiger partial charge on any atom is -0.480 e. The van der Waals surface area contributed by atoms with Crippen molar-refractivity contribution in [2.75, 3.05) is 126 Å². The first-order valence-electron chi connectivity index (χ1n) is 13.3. The van der Waals surface area contributed by atoms with Gasteiger partial charge in [0.2, 0.25) is 5.78 Å². The number of carboxylic acids is 2. The van der Waals surface area contributed by atoms with Gasteiger partial charge in [0.05, 0.1) is 119 Å². The van der Waals surface area contributed by atoms with E-state index in [0.29, 0.717) is 99.1 Å². The molecule has 0 saturated carbocycles. The van der Waals surface area contributed by atoms with E-state index in [1.165, 1.54) is 0 Å². The largest absolute Gasteiger partial charge is 0.480 e. The monoisotopic (exact) mass is 600 g/mol. The average Bonchev–Trinajstić information content (AvgIpc) is 2.94. The van der Waals surface area contributed by atoms with Gasteiger partial charge in [-0.2, -0.15) is 0 Å². The number of ketones is 1. The fourth-order valence-electron chi connectivity index (χ4n) is 2.53. The average molecular weight is 601 g/mol. The summed E-state index contributed by atoms with van der Waals surface area (Å²) in [6.07, 6.45) is -0.670. The fraction of sp³-hybridized carbons (Fsp3) is 0.840. The molecule has 0 aromatic heterocycles. The Kier molecular flexibility index (Phi) is 29.0. The van der Waals surface area contributed by atoms with Gasteiger partial charge in [-0.05, 0) is 0 Å². The highest BCUT2D eigenvalue weighted by molar-refractivity contribution is 6.32. The number of aliphatic carboxylic acids is 2. The zero-order valence-corrected chi connectivity index (χ0v) is 23.5. The van der Waals surface area contributed by atoms with Crippen LogP contribution in [0.1, 0.15) is 12.8 Å². The lowest BCUT2D eigenvalue weighted by molar-refractivity contribution is -0.151. The van der Waals surface area contributed by atoms with Crippen LogP contribution in [0.2, 0.25) is 0 Å². The third-order valence-electron chi connectivity index (χ3n) is 4.49. The number of esters is 1. The number of hydrogen-bond donors (Lipinski definition) is 2. The molecule has 16 heteroatoms. The summed E-state index contributed by atoms with van der Waals surface area (Å²) >= 11 is 0. The van der Waals surface area contributed by atoms with Crippen LogP contribution in [0.15, 0.2) is 0 Å². The van der Waals surface area contributed by atoms with E-state index < -0.39 is 30.1 Å². The summed E-state index contributed by atoms with van der Waals surface area (Å²) in [6.45, 7) is 6.16. The van der Waals surface area contributed by atoms with Crippen LogP contribution < -0.4 is 0 Å². The van der Waals surface area contributed by atoms with E-state index in [0.717, 1.165) is 0 Å². The minimum atomic E-state index is -1.57. The van der Waals surface area contributed by atoms with Crippen molar-refractivity contribution in [2.24, 2.45) is 0 Å². The highest BCUT2D eigenvalue weighted by Gasteiger charge is 2.14. The highest BCUT2D eigenvalue weighted by Crippen LogP contribution is 1.95. The van der Waals surface area contributed by atoms with E-state index >= 15 is 0 Å². The van der Waals surface area contributed by atoms with Crippen molar-refractivity contribution >= 4 is 23.7 Å². The molecule has 0 unspecified atom stereocenters. The van der Waals surface area contributed by atoms with E-state index in [2.05, 4.69) is 0 Å². The van der Waals surface area contributed by atoms with E-state index in [1.807, 2.05) is 0 Å². The maximum atomic E-state index is 11.3. The first-order valence-corrected chi connectivity index (χ1v) is 13.3. The van der Waals surface area contributed by atoms with Crippen LogP contribution in [0.25, 0.3) is 0 Å². The van der Waals surface area contributed by atoms with Crippen LogP contribution in [-0.2, 0) is 66.5 Å². The Morgan fingerprint density at radius 3 is 0.976 bits per heavy atom. The minimum absolute atomic E-state index is 0.00773. The zero-order chi connectivity index (χ0) is 30.2. The van der Waals surface area contributed by atoms with Gasteiger partial charge in [-0.15, -0.1) is 0 Å². The summed E-state index contributed by atoms with van der Waals surface area (Å²) in [5.41, 5.74) is 0. The van der Waals surface area contributed by atoms with Gasteiger partial charge >= 0.3 is 17.9 Å². The molecule has 0 aliphatic rings. The first-order chi connectivity index (χ1) is 19.9. The molecule has 0 heterocycles. The number of rotatable bonds is 33. The van der Waals surface area contributed by atoms with Crippen LogP contribution in [0.4, 0.5) is 0 Å². The number of ether oxygens (including phenoxy) is 10. The molecule has 0 spiro atoms. The topological polar surface area (TPSA) is 201 Å². The van der Waals surface area contributed by atoms with Gasteiger partial charge < -0.3 is 57.6 Å². The van der Waals surface area contributed by atoms with Gasteiger partial charge in [0.25, 0.3) is 0 Å². The SMILES string of the molecule is O=C(O)COCCOCCOCCOCCOCCOCCOCCOCCOCCOC(=O)CCC(=O)C(=O)O. The molecule has 41 heavy (non-hydrogen) atoms. The Morgan fingerprint density at radius 2 is 0.683 bits per heavy atom. The van der Waals surface area contributed by atoms with Gasteiger partial charge in [-0.25, -0.2) is 9.59 Å². The zero-order valence-electron chi connectivity index (χ0n) is 23.5. The smallest absolute Gasteiger partial charge is 0.372 e. The quantitative estimate of drug-likeness (QED) is 0.0538. The summed E-state index contributed by atoms with van der Waals surface area (Å²) in [5.74, 6) is -4.26. The second-order valence-corrected chi connectivity index (χ2v) is 7.79. The van der Waals surface area contributed by atoms with Crippen molar-refractivity contribution in [1.82, 2.24) is 0 Å². The van der Waals surface area contributed by atoms with Crippen molar-refractivity contribution in [3.05, 3.63) is 0 Å². The molecule has 0 rings (SSSR count). The molecule has 240 valence electrons. The van der Waals surface area contributed by atoms with Crippen LogP contribution in [0.5, 0.6) is 0 Å². The van der Waals surface area contributed by atoms with Crippen LogP contribution >= 0.6 is 0 Å². The number of hydrogen-bond acceptors (Lipinski definition) is 14. The molecule has 0 atom stereocenters. The third kappa shape index (κ3) is 32.1. The molecule has 0 aliphatic heterocycles. The van der Waals surface area contributed by atoms with Crippen molar-refractivity contribution in [2.45, 2.75) is 12.8 Å². The van der Waals surface area contributed by atoms with E-state index in [9.17, 15) is 19.2 Å². The van der Waals surface area contributed by atoms with Crippen molar-refractivity contribution in [3.8, 4) is 0 Å². The normalized spacial score (nSPS) is 11.0. The molecule has 0 saturated heterocycles. The molecule has 0 aromatic carbocycles. The molecule has 0 bridgehead atoms. The molecule has 0 aromatic rings. The molecular weight excluding hydrogens is 556 g/mol. The van der Waals surface area contributed by atoms with Crippen molar-refractivity contribution < 1.29 is 76.8 Å². The first kappa shape index (κ1) is 38.7. The van der Waals surface area contributed by atoms with Gasteiger partial charge in [-0.1, -0.05) is 0 Å². The molecule has 0 aliphatic carbocycles. The predicted molar refractivity (Wildman–Crippen MR) is 138 cm³/mol. The Morgan fingerprint density at radius 1 is 0.390 bits per heavy atom. The van der Waals surface area contributed by atoms with E-state index in [1.54, 1.807) is 0 Å². The summed E-state index contributed by atoms with van der Waals surface area (Å²) in [7, 11) is 0. The molecule has 2 N–H and O–H groups in total. The molecule has 0 amide bonds. The van der Waals surface area contributed by atoms with Crippen LogP contribution in [-0.4, -0.2) is 159 Å². The molecule has 0 radical (unpaired) electrons. The highest BCUT2D eigenvalue weighted by atomic mass is 16.6. The predicted octanol–water partition coefficient (Wildman–Crippen LogP) is -0.802.